The molecule has 0 radical (unpaired) electrons. The van der Waals surface area contributed by atoms with Crippen molar-refractivity contribution in [3.05, 3.63) is 52.1 Å². The lowest BCUT2D eigenvalue weighted by Crippen LogP contribution is -2.25. The lowest BCUT2D eigenvalue weighted by Gasteiger charge is -2.05. The van der Waals surface area contributed by atoms with Crippen LogP contribution in [0.4, 0.5) is 14.5 Å². The first-order valence-electron chi connectivity index (χ1n) is 4.50. The summed E-state index contributed by atoms with van der Waals surface area (Å²) in [5, 5.41) is 12.6. The van der Waals surface area contributed by atoms with Gasteiger partial charge >= 0.3 is 5.69 Å². The zero-order valence-corrected chi connectivity index (χ0v) is 8.57. The molecule has 0 saturated heterocycles. The normalized spacial score (nSPS) is 9.76. The Kier molecular flexibility index (Phi) is 3.86. The third-order valence-electron chi connectivity index (χ3n) is 1.90. The van der Waals surface area contributed by atoms with E-state index >= 15 is 0 Å². The van der Waals surface area contributed by atoms with Gasteiger partial charge in [-0.05, 0) is 6.07 Å². The number of nitrogens with one attached hydrogen (secondary N) is 1. The average molecular weight is 242 g/mol. The summed E-state index contributed by atoms with van der Waals surface area (Å²) in [5.74, 6) is -3.71. The standard InChI is InChI=1S/C10H8F2N2O3/c1-2-5-13-10(15)8-6(11)3-4-7(9(8)12)14(16)17/h2-4H,1,5H2,(H,13,15). The molecule has 1 N–H and O–H groups in total. The fourth-order valence-corrected chi connectivity index (χ4v) is 1.14. The highest BCUT2D eigenvalue weighted by Crippen LogP contribution is 2.22. The van der Waals surface area contributed by atoms with Gasteiger partial charge in [-0.25, -0.2) is 4.39 Å². The van der Waals surface area contributed by atoms with Crippen molar-refractivity contribution in [2.75, 3.05) is 6.54 Å². The molecule has 0 bridgehead atoms. The van der Waals surface area contributed by atoms with Crippen LogP contribution in [0.3, 0.4) is 0 Å². The Morgan fingerprint density at radius 3 is 2.71 bits per heavy atom. The van der Waals surface area contributed by atoms with Crippen LogP contribution in [0.5, 0.6) is 0 Å². The van der Waals surface area contributed by atoms with Gasteiger partial charge in [0.05, 0.1) is 4.92 Å². The molecule has 0 aliphatic rings. The van der Waals surface area contributed by atoms with Crippen LogP contribution in [0.15, 0.2) is 24.8 Å². The van der Waals surface area contributed by atoms with Crippen LogP contribution in [-0.4, -0.2) is 17.4 Å². The van der Waals surface area contributed by atoms with Crippen LogP contribution < -0.4 is 5.32 Å². The first-order valence-corrected chi connectivity index (χ1v) is 4.50. The van der Waals surface area contributed by atoms with Gasteiger partial charge in [-0.2, -0.15) is 4.39 Å². The molecule has 0 spiro atoms. The summed E-state index contributed by atoms with van der Waals surface area (Å²) in [6, 6.07) is 1.33. The Bertz CT molecular complexity index is 489. The second-order valence-electron chi connectivity index (χ2n) is 3.01. The number of hydrogen-bond acceptors (Lipinski definition) is 3. The van der Waals surface area contributed by atoms with Crippen molar-refractivity contribution >= 4 is 11.6 Å². The Morgan fingerprint density at radius 1 is 1.53 bits per heavy atom. The van der Waals surface area contributed by atoms with E-state index in [1.54, 1.807) is 0 Å². The maximum Gasteiger partial charge on any atom is 0.305 e. The monoisotopic (exact) mass is 242 g/mol. The van der Waals surface area contributed by atoms with E-state index in [-0.39, 0.29) is 6.54 Å². The predicted molar refractivity (Wildman–Crippen MR) is 55.5 cm³/mol. The quantitative estimate of drug-likeness (QED) is 0.497. The maximum absolute atomic E-state index is 13.5. The number of rotatable bonds is 4. The van der Waals surface area contributed by atoms with Gasteiger partial charge < -0.3 is 5.32 Å². The first kappa shape index (κ1) is 12.8. The van der Waals surface area contributed by atoms with Crippen LogP contribution in [0, 0.1) is 21.7 Å². The molecule has 1 aromatic carbocycles. The minimum absolute atomic E-state index is 0.000402. The van der Waals surface area contributed by atoms with E-state index in [1.807, 2.05) is 0 Å². The Morgan fingerprint density at radius 2 is 2.18 bits per heavy atom. The van der Waals surface area contributed by atoms with Crippen molar-refractivity contribution in [2.45, 2.75) is 0 Å². The second-order valence-corrected chi connectivity index (χ2v) is 3.01. The number of nitro benzene ring substituents is 1. The second kappa shape index (κ2) is 5.15. The van der Waals surface area contributed by atoms with Gasteiger partial charge in [-0.15, -0.1) is 6.58 Å². The number of nitrogens with zero attached hydrogens (tertiary/aromatic N) is 1. The van der Waals surface area contributed by atoms with Crippen LogP contribution in [0.25, 0.3) is 0 Å². The van der Waals surface area contributed by atoms with Crippen molar-refractivity contribution in [1.29, 1.82) is 0 Å². The summed E-state index contributed by atoms with van der Waals surface area (Å²) in [4.78, 5) is 20.7. The van der Waals surface area contributed by atoms with Crippen LogP contribution in [-0.2, 0) is 0 Å². The fraction of sp³-hybridized carbons (Fsp3) is 0.100. The average Bonchev–Trinajstić information content (AvgIpc) is 2.25. The topological polar surface area (TPSA) is 72.2 Å². The third-order valence-corrected chi connectivity index (χ3v) is 1.90. The molecule has 0 fully saturated rings. The van der Waals surface area contributed by atoms with Crippen molar-refractivity contribution in [3.8, 4) is 0 Å². The highest BCUT2D eigenvalue weighted by Gasteiger charge is 2.25. The summed E-state index contributed by atoms with van der Waals surface area (Å²) < 4.78 is 26.7. The van der Waals surface area contributed by atoms with E-state index in [9.17, 15) is 23.7 Å². The molecular weight excluding hydrogens is 234 g/mol. The van der Waals surface area contributed by atoms with Gasteiger partial charge in [0.25, 0.3) is 5.91 Å². The van der Waals surface area contributed by atoms with E-state index in [0.29, 0.717) is 12.1 Å². The number of carbonyl (C=O) groups is 1. The molecule has 17 heavy (non-hydrogen) atoms. The van der Waals surface area contributed by atoms with Gasteiger partial charge in [0, 0.05) is 12.6 Å². The maximum atomic E-state index is 13.5. The molecule has 1 aromatic rings. The third kappa shape index (κ3) is 2.63. The van der Waals surface area contributed by atoms with Gasteiger partial charge in [0.2, 0.25) is 5.82 Å². The molecule has 0 saturated carbocycles. The van der Waals surface area contributed by atoms with E-state index in [1.165, 1.54) is 6.08 Å². The van der Waals surface area contributed by atoms with E-state index in [2.05, 4.69) is 11.9 Å². The number of benzene rings is 1. The van der Waals surface area contributed by atoms with Crippen molar-refractivity contribution in [2.24, 2.45) is 0 Å². The summed E-state index contributed by atoms with van der Waals surface area (Å²) >= 11 is 0. The molecule has 0 aliphatic carbocycles. The first-order chi connectivity index (χ1) is 7.99. The minimum Gasteiger partial charge on any atom is -0.348 e. The number of amides is 1. The van der Waals surface area contributed by atoms with Gasteiger partial charge in [-0.1, -0.05) is 6.08 Å². The molecule has 90 valence electrons. The lowest BCUT2D eigenvalue weighted by atomic mass is 10.1. The Hall–Kier alpha value is -2.31. The number of halogens is 2. The smallest absolute Gasteiger partial charge is 0.305 e. The molecule has 0 aromatic heterocycles. The summed E-state index contributed by atoms with van der Waals surface area (Å²) in [6.07, 6.45) is 1.31. The van der Waals surface area contributed by atoms with Gasteiger partial charge in [0.15, 0.2) is 0 Å². The highest BCUT2D eigenvalue weighted by atomic mass is 19.1. The van der Waals surface area contributed by atoms with Gasteiger partial charge in [-0.3, -0.25) is 14.9 Å². The van der Waals surface area contributed by atoms with Crippen LogP contribution in [0.2, 0.25) is 0 Å². The molecule has 1 amide bonds. The van der Waals surface area contributed by atoms with Crippen molar-refractivity contribution in [3.63, 3.8) is 0 Å². The molecule has 0 unspecified atom stereocenters. The van der Waals surface area contributed by atoms with Crippen LogP contribution in [0.1, 0.15) is 10.4 Å². The van der Waals surface area contributed by atoms with Crippen molar-refractivity contribution < 1.29 is 18.5 Å². The zero-order valence-electron chi connectivity index (χ0n) is 8.57. The molecule has 7 heteroatoms. The highest BCUT2D eigenvalue weighted by molar-refractivity contribution is 5.95. The number of carbonyl (C=O) groups excluding carboxylic acids is 1. The number of nitro groups is 1. The SMILES string of the molecule is C=CCNC(=O)c1c(F)ccc([N+](=O)[O-])c1F. The largest absolute Gasteiger partial charge is 0.348 e. The van der Waals surface area contributed by atoms with E-state index < -0.39 is 33.7 Å². The van der Waals surface area contributed by atoms with Gasteiger partial charge in [0.1, 0.15) is 11.4 Å². The Balaban J connectivity index is 3.22. The van der Waals surface area contributed by atoms with E-state index in [4.69, 9.17) is 0 Å². The lowest BCUT2D eigenvalue weighted by molar-refractivity contribution is -0.387. The molecular formula is C10H8F2N2O3. The number of hydrogen-bond donors (Lipinski definition) is 1. The predicted octanol–water partition coefficient (Wildman–Crippen LogP) is 1.79. The zero-order chi connectivity index (χ0) is 13.0. The summed E-state index contributed by atoms with van der Waals surface area (Å²) in [5.41, 5.74) is -1.92. The molecule has 1 rings (SSSR count). The fourth-order valence-electron chi connectivity index (χ4n) is 1.14. The van der Waals surface area contributed by atoms with Crippen LogP contribution >= 0.6 is 0 Å². The summed E-state index contributed by atoms with van der Waals surface area (Å²) in [7, 11) is 0. The molecule has 0 heterocycles. The molecule has 5 nitrogen and oxygen atoms in total. The summed E-state index contributed by atoms with van der Waals surface area (Å²) in [6.45, 7) is 3.31. The van der Waals surface area contributed by atoms with Crippen molar-refractivity contribution in [1.82, 2.24) is 5.32 Å². The Labute approximate surface area is 94.9 Å². The molecule has 0 atom stereocenters. The minimum atomic E-state index is -1.49. The molecule has 0 aliphatic heterocycles. The van der Waals surface area contributed by atoms with E-state index in [0.717, 1.165) is 0 Å².